The van der Waals surface area contributed by atoms with E-state index in [0.29, 0.717) is 5.75 Å². The molecule has 0 amide bonds. The summed E-state index contributed by atoms with van der Waals surface area (Å²) in [4.78, 5) is 0. The molecule has 1 N–H and O–H groups in total. The van der Waals surface area contributed by atoms with E-state index < -0.39 is 0 Å². The number of phenols is 1. The SMILES string of the molecule is CC(C)(C)c1cc([Se-])c(O)c(C(C)(C)C)c1. The summed E-state index contributed by atoms with van der Waals surface area (Å²) in [6.45, 7) is 12.9. The Kier molecular flexibility index (Phi) is 3.47. The number of rotatable bonds is 0. The molecule has 0 aliphatic rings. The van der Waals surface area contributed by atoms with Crippen LogP contribution in [0.15, 0.2) is 12.1 Å². The molecule has 1 aromatic carbocycles. The average Bonchev–Trinajstić information content (AvgIpc) is 2.05. The molecule has 0 heterocycles. The third-order valence-corrected chi connectivity index (χ3v) is 3.40. The number of hydrogen-bond donors (Lipinski definition) is 1. The Labute approximate surface area is 107 Å². The van der Waals surface area contributed by atoms with Gasteiger partial charge in [0, 0.05) is 0 Å². The molecule has 0 saturated heterocycles. The van der Waals surface area contributed by atoms with Crippen LogP contribution in [0.4, 0.5) is 0 Å². The zero-order valence-electron chi connectivity index (χ0n) is 11.0. The molecule has 0 aromatic heterocycles. The Morgan fingerprint density at radius 1 is 0.938 bits per heavy atom. The molecule has 0 radical (unpaired) electrons. The van der Waals surface area contributed by atoms with E-state index in [2.05, 4.69) is 63.6 Å². The van der Waals surface area contributed by atoms with Gasteiger partial charge in [0.15, 0.2) is 0 Å². The fourth-order valence-electron chi connectivity index (χ4n) is 1.61. The van der Waals surface area contributed by atoms with Gasteiger partial charge in [0.2, 0.25) is 0 Å². The van der Waals surface area contributed by atoms with Gasteiger partial charge in [0.1, 0.15) is 0 Å². The topological polar surface area (TPSA) is 20.2 Å². The van der Waals surface area contributed by atoms with E-state index in [9.17, 15) is 5.11 Å². The Morgan fingerprint density at radius 2 is 1.44 bits per heavy atom. The van der Waals surface area contributed by atoms with E-state index in [-0.39, 0.29) is 10.8 Å². The van der Waals surface area contributed by atoms with E-state index >= 15 is 0 Å². The fourth-order valence-corrected chi connectivity index (χ4v) is 2.11. The van der Waals surface area contributed by atoms with Crippen molar-refractivity contribution < 1.29 is 5.11 Å². The fraction of sp³-hybridized carbons (Fsp3) is 0.571. The Balaban J connectivity index is 3.46. The summed E-state index contributed by atoms with van der Waals surface area (Å²) < 4.78 is 0.845. The quantitative estimate of drug-likeness (QED) is 0.726. The molecule has 0 fully saturated rings. The van der Waals surface area contributed by atoms with Gasteiger partial charge in [0.25, 0.3) is 0 Å². The van der Waals surface area contributed by atoms with Crippen LogP contribution in [0.25, 0.3) is 0 Å². The van der Waals surface area contributed by atoms with Crippen molar-refractivity contribution in [2.75, 3.05) is 0 Å². The summed E-state index contributed by atoms with van der Waals surface area (Å²) in [5.74, 6) is 0.389. The Morgan fingerprint density at radius 3 is 1.81 bits per heavy atom. The monoisotopic (exact) mass is 285 g/mol. The molecule has 0 spiro atoms. The summed E-state index contributed by atoms with van der Waals surface area (Å²) in [5.41, 5.74) is 2.33. The first-order valence-electron chi connectivity index (χ1n) is 5.58. The van der Waals surface area contributed by atoms with Gasteiger partial charge in [-0.05, 0) is 0 Å². The average molecular weight is 284 g/mol. The van der Waals surface area contributed by atoms with Crippen LogP contribution in [0.2, 0.25) is 0 Å². The maximum atomic E-state index is 10.1. The van der Waals surface area contributed by atoms with E-state index in [0.717, 1.165) is 10.0 Å². The summed E-state index contributed by atoms with van der Waals surface area (Å²) in [6, 6.07) is 4.15. The Bertz CT molecular complexity index is 394. The first kappa shape index (κ1) is 13.6. The summed E-state index contributed by atoms with van der Waals surface area (Å²) in [6.07, 6.45) is 0. The minimum absolute atomic E-state index is 0.0378. The van der Waals surface area contributed by atoms with Gasteiger partial charge in [-0.1, -0.05) is 0 Å². The molecule has 1 aromatic rings. The van der Waals surface area contributed by atoms with Crippen molar-refractivity contribution >= 4 is 20.5 Å². The molecular weight excluding hydrogens is 263 g/mol. The van der Waals surface area contributed by atoms with Gasteiger partial charge in [-0.2, -0.15) is 0 Å². The van der Waals surface area contributed by atoms with Crippen LogP contribution in [0.1, 0.15) is 52.7 Å². The van der Waals surface area contributed by atoms with Gasteiger partial charge in [-0.25, -0.2) is 0 Å². The summed E-state index contributed by atoms with van der Waals surface area (Å²) in [7, 11) is 0. The molecule has 1 rings (SSSR count). The second kappa shape index (κ2) is 4.09. The van der Waals surface area contributed by atoms with E-state index in [1.807, 2.05) is 6.07 Å². The molecule has 2 heteroatoms. The van der Waals surface area contributed by atoms with Crippen LogP contribution >= 0.6 is 0 Å². The molecular formula is C14H21OSe-. The molecule has 0 atom stereocenters. The minimum atomic E-state index is -0.0378. The van der Waals surface area contributed by atoms with Gasteiger partial charge in [-0.15, -0.1) is 0 Å². The van der Waals surface area contributed by atoms with Gasteiger partial charge < -0.3 is 0 Å². The van der Waals surface area contributed by atoms with Gasteiger partial charge in [-0.3, -0.25) is 0 Å². The normalized spacial score (nSPS) is 12.9. The molecule has 0 bridgehead atoms. The number of phenolic OH excluding ortho intramolecular Hbond substituents is 1. The van der Waals surface area contributed by atoms with Crippen molar-refractivity contribution in [2.45, 2.75) is 52.4 Å². The van der Waals surface area contributed by atoms with Crippen molar-refractivity contribution in [2.24, 2.45) is 0 Å². The van der Waals surface area contributed by atoms with Crippen LogP contribution in [-0.4, -0.2) is 21.1 Å². The first-order chi connectivity index (χ1) is 7.03. The second-order valence-electron chi connectivity index (χ2n) is 6.37. The molecule has 0 saturated carbocycles. The zero-order valence-corrected chi connectivity index (χ0v) is 12.7. The third kappa shape index (κ3) is 2.81. The molecule has 90 valence electrons. The van der Waals surface area contributed by atoms with E-state index in [4.69, 9.17) is 0 Å². The number of benzene rings is 1. The van der Waals surface area contributed by atoms with Crippen molar-refractivity contribution in [1.29, 1.82) is 0 Å². The van der Waals surface area contributed by atoms with Crippen molar-refractivity contribution in [3.8, 4) is 5.75 Å². The van der Waals surface area contributed by atoms with Crippen LogP contribution in [0.5, 0.6) is 5.75 Å². The maximum absolute atomic E-state index is 10.1. The summed E-state index contributed by atoms with van der Waals surface area (Å²) in [5, 5.41) is 10.1. The van der Waals surface area contributed by atoms with Crippen LogP contribution in [0, 0.1) is 0 Å². The predicted molar refractivity (Wildman–Crippen MR) is 70.9 cm³/mol. The molecule has 0 unspecified atom stereocenters. The predicted octanol–water partition coefficient (Wildman–Crippen LogP) is 2.78. The second-order valence-corrected chi connectivity index (χ2v) is 7.29. The van der Waals surface area contributed by atoms with E-state index in [1.165, 1.54) is 5.56 Å². The van der Waals surface area contributed by atoms with Crippen LogP contribution < -0.4 is 4.46 Å². The van der Waals surface area contributed by atoms with Gasteiger partial charge in [0.05, 0.1) is 0 Å². The number of hydrogen-bond acceptors (Lipinski definition) is 1. The van der Waals surface area contributed by atoms with Crippen LogP contribution in [-0.2, 0) is 10.8 Å². The first-order valence-corrected chi connectivity index (χ1v) is 6.44. The van der Waals surface area contributed by atoms with Crippen molar-refractivity contribution in [1.82, 2.24) is 0 Å². The summed E-state index contributed by atoms with van der Waals surface area (Å²) >= 11 is 2.95. The molecule has 0 aliphatic heterocycles. The molecule has 1 nitrogen and oxygen atoms in total. The van der Waals surface area contributed by atoms with Gasteiger partial charge >= 0.3 is 107 Å². The third-order valence-electron chi connectivity index (χ3n) is 2.75. The van der Waals surface area contributed by atoms with Crippen molar-refractivity contribution in [3.63, 3.8) is 0 Å². The zero-order chi connectivity index (χ0) is 12.7. The van der Waals surface area contributed by atoms with Crippen molar-refractivity contribution in [3.05, 3.63) is 23.3 Å². The molecule has 0 aliphatic carbocycles. The van der Waals surface area contributed by atoms with Crippen LogP contribution in [0.3, 0.4) is 0 Å². The standard InChI is InChI=1S/C14H22OSe/c1-13(2,3)9-7-10(14(4,5)6)12(15)11(16)8-9/h7-8,15-16H,1-6H3/p-1. The molecule has 16 heavy (non-hydrogen) atoms. The number of aromatic hydroxyl groups is 1. The van der Waals surface area contributed by atoms with E-state index in [1.54, 1.807) is 0 Å². The Hall–Kier alpha value is -0.461.